The standard InChI is InChI=1S/C18H14N4O2S/c23-15(10-13-12-8-4-5-9-14(12)19-17(13)24)20-18-21-16(22-25-18)11-6-2-1-3-7-11/h1-9,13H,10H2,(H,19,24)(H,20,21,22,23)/t13-/m0/s1. The second-order valence-electron chi connectivity index (χ2n) is 5.67. The Hall–Kier alpha value is -3.06. The Morgan fingerprint density at radius 3 is 2.72 bits per heavy atom. The molecule has 1 aliphatic heterocycles. The number of anilines is 2. The third kappa shape index (κ3) is 3.14. The van der Waals surface area contributed by atoms with Crippen LogP contribution in [0.25, 0.3) is 11.4 Å². The number of nitrogens with one attached hydrogen (secondary N) is 2. The summed E-state index contributed by atoms with van der Waals surface area (Å²) in [7, 11) is 0. The minimum absolute atomic E-state index is 0.0725. The van der Waals surface area contributed by atoms with E-state index in [0.29, 0.717) is 11.0 Å². The van der Waals surface area contributed by atoms with Crippen molar-refractivity contribution in [1.29, 1.82) is 0 Å². The number of fused-ring (bicyclic) bond motifs is 1. The monoisotopic (exact) mass is 350 g/mol. The number of hydrogen-bond donors (Lipinski definition) is 2. The van der Waals surface area contributed by atoms with Gasteiger partial charge >= 0.3 is 0 Å². The maximum absolute atomic E-state index is 12.3. The van der Waals surface area contributed by atoms with Crippen LogP contribution in [0.5, 0.6) is 0 Å². The molecule has 0 aliphatic carbocycles. The van der Waals surface area contributed by atoms with Gasteiger partial charge in [-0.15, -0.1) is 0 Å². The number of benzene rings is 2. The van der Waals surface area contributed by atoms with Gasteiger partial charge in [-0.2, -0.15) is 9.36 Å². The summed E-state index contributed by atoms with van der Waals surface area (Å²) < 4.78 is 4.26. The van der Waals surface area contributed by atoms with Crippen LogP contribution in [0.1, 0.15) is 17.9 Å². The van der Waals surface area contributed by atoms with Gasteiger partial charge in [0, 0.05) is 29.2 Å². The summed E-state index contributed by atoms with van der Waals surface area (Å²) in [5, 5.41) is 5.96. The Morgan fingerprint density at radius 2 is 1.88 bits per heavy atom. The molecule has 2 heterocycles. The quantitative estimate of drug-likeness (QED) is 0.756. The highest BCUT2D eigenvalue weighted by Crippen LogP contribution is 2.34. The van der Waals surface area contributed by atoms with Crippen LogP contribution in [0.4, 0.5) is 10.8 Å². The van der Waals surface area contributed by atoms with Crippen LogP contribution in [0.2, 0.25) is 0 Å². The van der Waals surface area contributed by atoms with Crippen molar-refractivity contribution >= 4 is 34.2 Å². The van der Waals surface area contributed by atoms with Crippen molar-refractivity contribution in [2.24, 2.45) is 0 Å². The molecule has 2 aromatic carbocycles. The number of nitrogens with zero attached hydrogens (tertiary/aromatic N) is 2. The van der Waals surface area contributed by atoms with Crippen LogP contribution in [-0.2, 0) is 9.59 Å². The van der Waals surface area contributed by atoms with Crippen molar-refractivity contribution in [3.8, 4) is 11.4 Å². The molecule has 0 bridgehead atoms. The molecule has 1 aliphatic rings. The van der Waals surface area contributed by atoms with Crippen LogP contribution in [0.15, 0.2) is 54.6 Å². The maximum atomic E-state index is 12.3. The molecule has 1 atom stereocenters. The first-order valence-corrected chi connectivity index (χ1v) is 8.57. The van der Waals surface area contributed by atoms with E-state index in [-0.39, 0.29) is 18.2 Å². The second kappa shape index (κ2) is 6.45. The SMILES string of the molecule is O=C(C[C@@H]1C(=O)Nc2ccccc21)Nc1nc(-c2ccccc2)ns1. The number of aromatic nitrogens is 2. The summed E-state index contributed by atoms with van der Waals surface area (Å²) in [6, 6.07) is 17.0. The zero-order chi connectivity index (χ0) is 17.2. The Labute approximate surface area is 148 Å². The summed E-state index contributed by atoms with van der Waals surface area (Å²) >= 11 is 1.12. The molecular formula is C18H14N4O2S. The smallest absolute Gasteiger partial charge is 0.232 e. The lowest BCUT2D eigenvalue weighted by molar-refractivity contribution is -0.122. The van der Waals surface area contributed by atoms with E-state index in [4.69, 9.17) is 0 Å². The lowest BCUT2D eigenvalue weighted by Gasteiger charge is -2.07. The first-order valence-electron chi connectivity index (χ1n) is 7.79. The summed E-state index contributed by atoms with van der Waals surface area (Å²) in [4.78, 5) is 28.7. The molecule has 0 spiro atoms. The van der Waals surface area contributed by atoms with Crippen molar-refractivity contribution in [2.75, 3.05) is 10.6 Å². The van der Waals surface area contributed by atoms with Gasteiger partial charge in [0.2, 0.25) is 16.9 Å². The lowest BCUT2D eigenvalue weighted by Crippen LogP contribution is -2.20. The van der Waals surface area contributed by atoms with Crippen molar-refractivity contribution < 1.29 is 9.59 Å². The lowest BCUT2D eigenvalue weighted by atomic mass is 9.97. The first-order chi connectivity index (χ1) is 12.2. The van der Waals surface area contributed by atoms with E-state index in [1.165, 1.54) is 0 Å². The number of rotatable bonds is 4. The molecule has 7 heteroatoms. The molecule has 0 radical (unpaired) electrons. The number of amides is 2. The van der Waals surface area contributed by atoms with Gasteiger partial charge in [-0.25, -0.2) is 0 Å². The van der Waals surface area contributed by atoms with Crippen molar-refractivity contribution in [3.05, 3.63) is 60.2 Å². The van der Waals surface area contributed by atoms with E-state index in [9.17, 15) is 9.59 Å². The second-order valence-corrected chi connectivity index (χ2v) is 6.42. The van der Waals surface area contributed by atoms with Gasteiger partial charge in [0.25, 0.3) is 0 Å². The predicted molar refractivity (Wildman–Crippen MR) is 96.4 cm³/mol. The molecule has 124 valence electrons. The molecule has 0 saturated carbocycles. The molecule has 0 saturated heterocycles. The number of para-hydroxylation sites is 1. The molecule has 1 aromatic heterocycles. The Morgan fingerprint density at radius 1 is 1.12 bits per heavy atom. The van der Waals surface area contributed by atoms with Gasteiger partial charge < -0.3 is 10.6 Å². The van der Waals surface area contributed by atoms with Gasteiger partial charge in [-0.05, 0) is 11.6 Å². The van der Waals surface area contributed by atoms with E-state index >= 15 is 0 Å². The molecule has 3 aromatic rings. The Bertz CT molecular complexity index is 939. The minimum atomic E-state index is -0.474. The van der Waals surface area contributed by atoms with Crippen LogP contribution >= 0.6 is 11.5 Å². The Kier molecular flexibility index (Phi) is 3.99. The van der Waals surface area contributed by atoms with E-state index in [1.807, 2.05) is 54.6 Å². The minimum Gasteiger partial charge on any atom is -0.325 e. The van der Waals surface area contributed by atoms with Crippen LogP contribution in [0, 0.1) is 0 Å². The highest BCUT2D eigenvalue weighted by atomic mass is 32.1. The number of carbonyl (C=O) groups excluding carboxylic acids is 2. The molecule has 6 nitrogen and oxygen atoms in total. The average Bonchev–Trinajstić information content (AvgIpc) is 3.21. The molecule has 0 unspecified atom stereocenters. The molecular weight excluding hydrogens is 336 g/mol. The number of carbonyl (C=O) groups is 2. The van der Waals surface area contributed by atoms with Crippen LogP contribution in [0.3, 0.4) is 0 Å². The molecule has 2 amide bonds. The van der Waals surface area contributed by atoms with Crippen molar-refractivity contribution in [2.45, 2.75) is 12.3 Å². The van der Waals surface area contributed by atoms with E-state index in [2.05, 4.69) is 20.0 Å². The van der Waals surface area contributed by atoms with Crippen molar-refractivity contribution in [1.82, 2.24) is 9.36 Å². The van der Waals surface area contributed by atoms with Gasteiger partial charge in [0.05, 0.1) is 5.92 Å². The normalized spacial score (nSPS) is 15.5. The van der Waals surface area contributed by atoms with E-state index in [0.717, 1.165) is 28.3 Å². The fourth-order valence-corrected chi connectivity index (χ4v) is 3.42. The van der Waals surface area contributed by atoms with Crippen molar-refractivity contribution in [3.63, 3.8) is 0 Å². The van der Waals surface area contributed by atoms with Crippen LogP contribution < -0.4 is 10.6 Å². The van der Waals surface area contributed by atoms with Gasteiger partial charge in [0.1, 0.15) is 0 Å². The fraction of sp³-hybridized carbons (Fsp3) is 0.111. The number of hydrogen-bond acceptors (Lipinski definition) is 5. The summed E-state index contributed by atoms with van der Waals surface area (Å²) in [6.45, 7) is 0. The van der Waals surface area contributed by atoms with E-state index in [1.54, 1.807) is 0 Å². The van der Waals surface area contributed by atoms with Crippen LogP contribution in [-0.4, -0.2) is 21.2 Å². The topological polar surface area (TPSA) is 84.0 Å². The van der Waals surface area contributed by atoms with E-state index < -0.39 is 5.92 Å². The van der Waals surface area contributed by atoms with Gasteiger partial charge in [0.15, 0.2) is 5.82 Å². The first kappa shape index (κ1) is 15.5. The summed E-state index contributed by atoms with van der Waals surface area (Å²) in [5.41, 5.74) is 2.51. The highest BCUT2D eigenvalue weighted by Gasteiger charge is 2.32. The zero-order valence-electron chi connectivity index (χ0n) is 13.1. The average molecular weight is 350 g/mol. The predicted octanol–water partition coefficient (Wildman–Crippen LogP) is 3.27. The molecule has 25 heavy (non-hydrogen) atoms. The highest BCUT2D eigenvalue weighted by molar-refractivity contribution is 7.10. The Balaban J connectivity index is 1.45. The molecule has 2 N–H and O–H groups in total. The third-order valence-electron chi connectivity index (χ3n) is 4.00. The fourth-order valence-electron chi connectivity index (χ4n) is 2.81. The third-order valence-corrected chi connectivity index (χ3v) is 4.63. The largest absolute Gasteiger partial charge is 0.325 e. The van der Waals surface area contributed by atoms with Gasteiger partial charge in [-0.1, -0.05) is 48.5 Å². The van der Waals surface area contributed by atoms with Gasteiger partial charge in [-0.3, -0.25) is 9.59 Å². The molecule has 0 fully saturated rings. The zero-order valence-corrected chi connectivity index (χ0v) is 13.9. The summed E-state index contributed by atoms with van der Waals surface area (Å²) in [6.07, 6.45) is 0.0725. The molecule has 4 rings (SSSR count). The summed E-state index contributed by atoms with van der Waals surface area (Å²) in [5.74, 6) is -0.311. The maximum Gasteiger partial charge on any atom is 0.232 e.